The van der Waals surface area contributed by atoms with Crippen molar-refractivity contribution in [2.24, 2.45) is 0 Å². The Labute approximate surface area is 97.1 Å². The van der Waals surface area contributed by atoms with E-state index in [-0.39, 0.29) is 0 Å². The lowest BCUT2D eigenvalue weighted by molar-refractivity contribution is 0.470. The summed E-state index contributed by atoms with van der Waals surface area (Å²) >= 11 is 1.75. The molecule has 0 radical (unpaired) electrons. The highest BCUT2D eigenvalue weighted by Crippen LogP contribution is 2.12. The second kappa shape index (κ2) is 6.96. The Hall–Kier alpha value is -0.410. The summed E-state index contributed by atoms with van der Waals surface area (Å²) in [6, 6.07) is 0.608. The fourth-order valence-electron chi connectivity index (χ4n) is 1.77. The number of thiazole rings is 1. The summed E-state index contributed by atoms with van der Waals surface area (Å²) in [7, 11) is 0. The SMILES string of the molecule is CCCCC(Cc1csc(C)n1)NCC. The molecule has 86 valence electrons. The minimum atomic E-state index is 0.608. The summed E-state index contributed by atoms with van der Waals surface area (Å²) in [4.78, 5) is 4.52. The summed E-state index contributed by atoms with van der Waals surface area (Å²) in [5, 5.41) is 6.90. The molecular weight excluding hydrogens is 204 g/mol. The summed E-state index contributed by atoms with van der Waals surface area (Å²) < 4.78 is 0. The average Bonchev–Trinajstić information content (AvgIpc) is 2.61. The predicted octanol–water partition coefficient (Wildman–Crippen LogP) is 3.16. The molecule has 1 aromatic rings. The summed E-state index contributed by atoms with van der Waals surface area (Å²) in [5.41, 5.74) is 1.25. The van der Waals surface area contributed by atoms with E-state index in [4.69, 9.17) is 0 Å². The molecule has 2 nitrogen and oxygen atoms in total. The summed E-state index contributed by atoms with van der Waals surface area (Å²) in [6.45, 7) is 7.54. The zero-order valence-electron chi connectivity index (χ0n) is 10.0. The molecule has 3 heteroatoms. The van der Waals surface area contributed by atoms with Crippen molar-refractivity contribution in [3.8, 4) is 0 Å². The van der Waals surface area contributed by atoms with Gasteiger partial charge in [-0.2, -0.15) is 0 Å². The van der Waals surface area contributed by atoms with Crippen LogP contribution >= 0.6 is 11.3 Å². The molecular formula is C12H22N2S. The van der Waals surface area contributed by atoms with Gasteiger partial charge in [0.1, 0.15) is 0 Å². The van der Waals surface area contributed by atoms with Crippen LogP contribution in [0, 0.1) is 6.92 Å². The van der Waals surface area contributed by atoms with Gasteiger partial charge in [0.25, 0.3) is 0 Å². The van der Waals surface area contributed by atoms with Crippen molar-refractivity contribution in [1.29, 1.82) is 0 Å². The maximum atomic E-state index is 4.52. The number of likely N-dealkylation sites (N-methyl/N-ethyl adjacent to an activating group) is 1. The normalized spacial score (nSPS) is 13.0. The number of hydrogen-bond acceptors (Lipinski definition) is 3. The van der Waals surface area contributed by atoms with Gasteiger partial charge in [-0.05, 0) is 19.9 Å². The highest BCUT2D eigenvalue weighted by molar-refractivity contribution is 7.09. The van der Waals surface area contributed by atoms with Crippen LogP contribution in [-0.2, 0) is 6.42 Å². The molecule has 0 amide bonds. The lowest BCUT2D eigenvalue weighted by Gasteiger charge is -2.16. The first-order chi connectivity index (χ1) is 7.26. The molecule has 0 spiro atoms. The number of hydrogen-bond donors (Lipinski definition) is 1. The van der Waals surface area contributed by atoms with Crippen molar-refractivity contribution in [3.05, 3.63) is 16.1 Å². The van der Waals surface area contributed by atoms with Crippen molar-refractivity contribution in [1.82, 2.24) is 10.3 Å². The quantitative estimate of drug-likeness (QED) is 0.772. The Bertz CT molecular complexity index is 270. The Kier molecular flexibility index (Phi) is 5.88. The summed E-state index contributed by atoms with van der Waals surface area (Å²) in [6.07, 6.45) is 4.93. The van der Waals surface area contributed by atoms with Crippen LogP contribution in [-0.4, -0.2) is 17.6 Å². The van der Waals surface area contributed by atoms with Crippen LogP contribution in [0.5, 0.6) is 0 Å². The van der Waals surface area contributed by atoms with Crippen LogP contribution in [0.3, 0.4) is 0 Å². The predicted molar refractivity (Wildman–Crippen MR) is 67.5 cm³/mol. The second-order valence-electron chi connectivity index (χ2n) is 3.96. The molecule has 0 saturated heterocycles. The maximum absolute atomic E-state index is 4.52. The van der Waals surface area contributed by atoms with E-state index < -0.39 is 0 Å². The maximum Gasteiger partial charge on any atom is 0.0897 e. The van der Waals surface area contributed by atoms with E-state index in [1.54, 1.807) is 11.3 Å². The molecule has 0 aliphatic carbocycles. The zero-order chi connectivity index (χ0) is 11.1. The molecule has 1 atom stereocenters. The molecule has 1 aromatic heterocycles. The van der Waals surface area contributed by atoms with Gasteiger partial charge in [-0.25, -0.2) is 4.98 Å². The van der Waals surface area contributed by atoms with Gasteiger partial charge in [-0.1, -0.05) is 26.7 Å². The molecule has 15 heavy (non-hydrogen) atoms. The molecule has 1 heterocycles. The van der Waals surface area contributed by atoms with E-state index in [0.29, 0.717) is 6.04 Å². The molecule has 0 aromatic carbocycles. The summed E-state index contributed by atoms with van der Waals surface area (Å²) in [5.74, 6) is 0. The standard InChI is InChI=1S/C12H22N2S/c1-4-6-7-11(13-5-2)8-12-9-15-10(3)14-12/h9,11,13H,4-8H2,1-3H3. The Morgan fingerprint density at radius 1 is 1.47 bits per heavy atom. The van der Waals surface area contributed by atoms with Gasteiger partial charge < -0.3 is 5.32 Å². The number of nitrogens with one attached hydrogen (secondary N) is 1. The molecule has 1 rings (SSSR count). The van der Waals surface area contributed by atoms with Crippen LogP contribution in [0.15, 0.2) is 5.38 Å². The van der Waals surface area contributed by atoms with E-state index in [9.17, 15) is 0 Å². The molecule has 1 N–H and O–H groups in total. The molecule has 1 unspecified atom stereocenters. The van der Waals surface area contributed by atoms with Crippen molar-refractivity contribution < 1.29 is 0 Å². The van der Waals surface area contributed by atoms with Gasteiger partial charge in [0.2, 0.25) is 0 Å². The third-order valence-electron chi connectivity index (χ3n) is 2.52. The Morgan fingerprint density at radius 3 is 2.80 bits per heavy atom. The van der Waals surface area contributed by atoms with E-state index >= 15 is 0 Å². The first-order valence-corrected chi connectivity index (χ1v) is 6.78. The number of unbranched alkanes of at least 4 members (excludes halogenated alkanes) is 1. The third kappa shape index (κ3) is 4.76. The highest BCUT2D eigenvalue weighted by atomic mass is 32.1. The van der Waals surface area contributed by atoms with Crippen molar-refractivity contribution in [2.75, 3.05) is 6.54 Å². The minimum Gasteiger partial charge on any atom is -0.314 e. The van der Waals surface area contributed by atoms with Gasteiger partial charge in [-0.15, -0.1) is 11.3 Å². The largest absolute Gasteiger partial charge is 0.314 e. The zero-order valence-corrected chi connectivity index (χ0v) is 10.9. The Morgan fingerprint density at radius 2 is 2.27 bits per heavy atom. The Balaban J connectivity index is 2.42. The van der Waals surface area contributed by atoms with Crippen molar-refractivity contribution >= 4 is 11.3 Å². The van der Waals surface area contributed by atoms with E-state index in [0.717, 1.165) is 13.0 Å². The number of nitrogens with zero attached hydrogens (tertiary/aromatic N) is 1. The average molecular weight is 226 g/mol. The van der Waals surface area contributed by atoms with Crippen LogP contribution in [0.2, 0.25) is 0 Å². The molecule has 0 saturated carbocycles. The highest BCUT2D eigenvalue weighted by Gasteiger charge is 2.09. The van der Waals surface area contributed by atoms with Gasteiger partial charge in [0, 0.05) is 17.8 Å². The molecule has 0 aliphatic heterocycles. The van der Waals surface area contributed by atoms with E-state index in [2.05, 4.69) is 36.5 Å². The first-order valence-electron chi connectivity index (χ1n) is 5.90. The van der Waals surface area contributed by atoms with Crippen LogP contribution in [0.4, 0.5) is 0 Å². The number of rotatable bonds is 7. The van der Waals surface area contributed by atoms with Crippen molar-refractivity contribution in [2.45, 2.75) is 52.5 Å². The van der Waals surface area contributed by atoms with Gasteiger partial charge in [0.15, 0.2) is 0 Å². The van der Waals surface area contributed by atoms with Gasteiger partial charge in [0.05, 0.1) is 10.7 Å². The lowest BCUT2D eigenvalue weighted by Crippen LogP contribution is -2.31. The van der Waals surface area contributed by atoms with Crippen LogP contribution in [0.1, 0.15) is 43.8 Å². The van der Waals surface area contributed by atoms with E-state index in [1.807, 2.05) is 0 Å². The third-order valence-corrected chi connectivity index (χ3v) is 3.34. The molecule has 0 aliphatic rings. The smallest absolute Gasteiger partial charge is 0.0897 e. The topological polar surface area (TPSA) is 24.9 Å². The van der Waals surface area contributed by atoms with Gasteiger partial charge >= 0.3 is 0 Å². The van der Waals surface area contributed by atoms with Crippen molar-refractivity contribution in [3.63, 3.8) is 0 Å². The minimum absolute atomic E-state index is 0.608. The van der Waals surface area contributed by atoms with Gasteiger partial charge in [-0.3, -0.25) is 0 Å². The molecule has 0 fully saturated rings. The fourth-order valence-corrected chi connectivity index (χ4v) is 2.40. The van der Waals surface area contributed by atoms with Crippen LogP contribution < -0.4 is 5.32 Å². The number of aryl methyl sites for hydroxylation is 1. The number of aromatic nitrogens is 1. The van der Waals surface area contributed by atoms with E-state index in [1.165, 1.54) is 30.0 Å². The lowest BCUT2D eigenvalue weighted by atomic mass is 10.1. The molecule has 0 bridgehead atoms. The second-order valence-corrected chi connectivity index (χ2v) is 5.02. The fraction of sp³-hybridized carbons (Fsp3) is 0.750. The monoisotopic (exact) mass is 226 g/mol. The van der Waals surface area contributed by atoms with Crippen LogP contribution in [0.25, 0.3) is 0 Å². The first kappa shape index (κ1) is 12.7.